The SMILES string of the molecule is N[C@H]1CC2(CCSC2)Oc2ccc(Br)cc21. The van der Waals surface area contributed by atoms with Crippen molar-refractivity contribution in [3.63, 3.8) is 0 Å². The highest BCUT2D eigenvalue weighted by Gasteiger charge is 2.42. The molecule has 2 aliphatic heterocycles. The van der Waals surface area contributed by atoms with Gasteiger partial charge in [0.15, 0.2) is 0 Å². The predicted molar refractivity (Wildman–Crippen MR) is 71.0 cm³/mol. The van der Waals surface area contributed by atoms with Crippen molar-refractivity contribution in [1.82, 2.24) is 0 Å². The van der Waals surface area contributed by atoms with Crippen molar-refractivity contribution in [2.45, 2.75) is 24.5 Å². The van der Waals surface area contributed by atoms with E-state index in [4.69, 9.17) is 10.5 Å². The molecule has 1 spiro atoms. The molecule has 1 fully saturated rings. The molecule has 16 heavy (non-hydrogen) atoms. The van der Waals surface area contributed by atoms with Crippen LogP contribution in [0.5, 0.6) is 5.75 Å². The van der Waals surface area contributed by atoms with Gasteiger partial charge in [0.1, 0.15) is 11.4 Å². The molecule has 0 radical (unpaired) electrons. The molecule has 0 bridgehead atoms. The first-order valence-electron chi connectivity index (χ1n) is 5.50. The lowest BCUT2D eigenvalue weighted by atomic mass is 9.87. The Hall–Kier alpha value is -0.190. The minimum atomic E-state index is 0.00487. The number of halogens is 1. The molecule has 1 aromatic carbocycles. The fraction of sp³-hybridized carbons (Fsp3) is 0.500. The summed E-state index contributed by atoms with van der Waals surface area (Å²) in [5.41, 5.74) is 7.40. The Bertz CT molecular complexity index is 417. The molecule has 1 aromatic rings. The molecule has 2 N–H and O–H groups in total. The average molecular weight is 300 g/mol. The number of nitrogens with two attached hydrogens (primary N) is 1. The van der Waals surface area contributed by atoms with Gasteiger partial charge in [-0.05, 0) is 30.4 Å². The van der Waals surface area contributed by atoms with Crippen LogP contribution < -0.4 is 10.5 Å². The Labute approximate surface area is 108 Å². The van der Waals surface area contributed by atoms with Crippen molar-refractivity contribution in [2.75, 3.05) is 11.5 Å². The van der Waals surface area contributed by atoms with Crippen LogP contribution in [0, 0.1) is 0 Å². The topological polar surface area (TPSA) is 35.2 Å². The summed E-state index contributed by atoms with van der Waals surface area (Å²) in [7, 11) is 0. The van der Waals surface area contributed by atoms with Gasteiger partial charge in [0.05, 0.1) is 0 Å². The lowest BCUT2D eigenvalue weighted by molar-refractivity contribution is 0.0615. The van der Waals surface area contributed by atoms with E-state index in [2.05, 4.69) is 22.0 Å². The molecule has 0 saturated carbocycles. The number of thioether (sulfide) groups is 1. The zero-order valence-corrected chi connectivity index (χ0v) is 11.3. The van der Waals surface area contributed by atoms with Crippen LogP contribution >= 0.6 is 27.7 Å². The monoisotopic (exact) mass is 299 g/mol. The molecule has 0 aromatic heterocycles. The summed E-state index contributed by atoms with van der Waals surface area (Å²) in [5.74, 6) is 3.25. The van der Waals surface area contributed by atoms with Crippen LogP contribution in [0.4, 0.5) is 0 Å². The first kappa shape index (κ1) is 10.9. The molecule has 3 rings (SSSR count). The Balaban J connectivity index is 1.99. The molecule has 0 amide bonds. The highest BCUT2D eigenvalue weighted by atomic mass is 79.9. The van der Waals surface area contributed by atoms with Gasteiger partial charge in [-0.3, -0.25) is 0 Å². The fourth-order valence-electron chi connectivity index (χ4n) is 2.52. The Morgan fingerprint density at radius 3 is 3.12 bits per heavy atom. The first-order chi connectivity index (χ1) is 7.69. The van der Waals surface area contributed by atoms with Crippen LogP contribution in [0.3, 0.4) is 0 Å². The van der Waals surface area contributed by atoms with Gasteiger partial charge in [-0.15, -0.1) is 0 Å². The number of hydrogen-bond donors (Lipinski definition) is 1. The van der Waals surface area contributed by atoms with Gasteiger partial charge in [-0.2, -0.15) is 11.8 Å². The van der Waals surface area contributed by atoms with E-state index < -0.39 is 0 Å². The number of benzene rings is 1. The highest BCUT2D eigenvalue weighted by molar-refractivity contribution is 9.10. The summed E-state index contributed by atoms with van der Waals surface area (Å²) in [6.45, 7) is 0. The minimum absolute atomic E-state index is 0.00487. The van der Waals surface area contributed by atoms with E-state index in [1.54, 1.807) is 0 Å². The summed E-state index contributed by atoms with van der Waals surface area (Å²) in [5, 5.41) is 0. The van der Waals surface area contributed by atoms with Crippen molar-refractivity contribution < 1.29 is 4.74 Å². The van der Waals surface area contributed by atoms with Crippen molar-refractivity contribution in [1.29, 1.82) is 0 Å². The summed E-state index contributed by atoms with van der Waals surface area (Å²) in [6, 6.07) is 6.24. The number of fused-ring (bicyclic) bond motifs is 1. The molecular weight excluding hydrogens is 286 g/mol. The van der Waals surface area contributed by atoms with Crippen molar-refractivity contribution in [3.05, 3.63) is 28.2 Å². The lowest BCUT2D eigenvalue weighted by Gasteiger charge is -2.38. The van der Waals surface area contributed by atoms with E-state index in [1.807, 2.05) is 23.9 Å². The molecule has 2 heterocycles. The van der Waals surface area contributed by atoms with E-state index >= 15 is 0 Å². The number of rotatable bonds is 0. The molecule has 1 saturated heterocycles. The van der Waals surface area contributed by atoms with Crippen LogP contribution in [0.25, 0.3) is 0 Å². The first-order valence-corrected chi connectivity index (χ1v) is 7.45. The largest absolute Gasteiger partial charge is 0.486 e. The quantitative estimate of drug-likeness (QED) is 0.799. The Morgan fingerprint density at radius 2 is 2.38 bits per heavy atom. The summed E-state index contributed by atoms with van der Waals surface area (Å²) in [4.78, 5) is 0. The molecule has 2 atom stereocenters. The molecule has 4 heteroatoms. The van der Waals surface area contributed by atoms with E-state index in [0.717, 1.165) is 34.4 Å². The smallest absolute Gasteiger partial charge is 0.125 e. The van der Waals surface area contributed by atoms with Gasteiger partial charge < -0.3 is 10.5 Å². The zero-order valence-electron chi connectivity index (χ0n) is 8.91. The normalized spacial score (nSPS) is 32.5. The Kier molecular flexibility index (Phi) is 2.68. The fourth-order valence-corrected chi connectivity index (χ4v) is 4.25. The second kappa shape index (κ2) is 3.93. The van der Waals surface area contributed by atoms with Gasteiger partial charge in [0.2, 0.25) is 0 Å². The van der Waals surface area contributed by atoms with Gasteiger partial charge in [0.25, 0.3) is 0 Å². The maximum Gasteiger partial charge on any atom is 0.125 e. The summed E-state index contributed by atoms with van der Waals surface area (Å²) in [6.07, 6.45) is 2.07. The van der Waals surface area contributed by atoms with Gasteiger partial charge >= 0.3 is 0 Å². The van der Waals surface area contributed by atoms with Gasteiger partial charge in [0, 0.05) is 28.3 Å². The molecule has 2 aliphatic rings. The van der Waals surface area contributed by atoms with Crippen LogP contribution in [0.2, 0.25) is 0 Å². The van der Waals surface area contributed by atoms with Crippen molar-refractivity contribution >= 4 is 27.7 Å². The standard InChI is InChI=1S/C12H14BrNOS/c13-8-1-2-11-9(5-8)10(14)6-12(15-11)3-4-16-7-12/h1-2,5,10H,3-4,6-7,14H2/t10-,12?/m0/s1. The molecule has 86 valence electrons. The third-order valence-corrected chi connectivity index (χ3v) is 5.07. The zero-order chi connectivity index (χ0) is 11.2. The van der Waals surface area contributed by atoms with E-state index in [9.17, 15) is 0 Å². The molecule has 1 unspecified atom stereocenters. The molecule has 2 nitrogen and oxygen atoms in total. The predicted octanol–water partition coefficient (Wildman–Crippen LogP) is 3.11. The lowest BCUT2D eigenvalue weighted by Crippen LogP contribution is -2.42. The van der Waals surface area contributed by atoms with Gasteiger partial charge in [-0.1, -0.05) is 15.9 Å². The number of ether oxygens (including phenoxy) is 1. The summed E-state index contributed by atoms with van der Waals surface area (Å²) < 4.78 is 7.26. The van der Waals surface area contributed by atoms with Crippen molar-refractivity contribution in [3.8, 4) is 5.75 Å². The van der Waals surface area contributed by atoms with E-state index in [0.29, 0.717) is 0 Å². The maximum atomic E-state index is 6.26. The van der Waals surface area contributed by atoms with E-state index in [-0.39, 0.29) is 11.6 Å². The third kappa shape index (κ3) is 1.77. The number of hydrogen-bond acceptors (Lipinski definition) is 3. The van der Waals surface area contributed by atoms with Crippen molar-refractivity contribution in [2.24, 2.45) is 5.73 Å². The summed E-state index contributed by atoms with van der Waals surface area (Å²) >= 11 is 5.45. The van der Waals surface area contributed by atoms with Gasteiger partial charge in [-0.25, -0.2) is 0 Å². The second-order valence-corrected chi connectivity index (χ2v) is 6.60. The van der Waals surface area contributed by atoms with Crippen LogP contribution in [-0.4, -0.2) is 17.1 Å². The minimum Gasteiger partial charge on any atom is -0.486 e. The van der Waals surface area contributed by atoms with Crippen LogP contribution in [-0.2, 0) is 0 Å². The second-order valence-electron chi connectivity index (χ2n) is 4.58. The maximum absolute atomic E-state index is 6.26. The van der Waals surface area contributed by atoms with E-state index in [1.165, 1.54) is 5.75 Å². The Morgan fingerprint density at radius 1 is 1.50 bits per heavy atom. The van der Waals surface area contributed by atoms with Crippen LogP contribution in [0.1, 0.15) is 24.4 Å². The third-order valence-electron chi connectivity index (χ3n) is 3.36. The van der Waals surface area contributed by atoms with Crippen LogP contribution in [0.15, 0.2) is 22.7 Å². The molecule has 0 aliphatic carbocycles. The molecular formula is C12H14BrNOS. The average Bonchev–Trinajstić information content (AvgIpc) is 2.68. The highest BCUT2D eigenvalue weighted by Crippen LogP contribution is 2.45.